The molecular weight excluding hydrogens is 354 g/mol. The lowest BCUT2D eigenvalue weighted by Crippen LogP contribution is -2.31. The highest BCUT2D eigenvalue weighted by Crippen LogP contribution is 2.31. The number of carbonyl (C=O) groups excluding carboxylic acids is 1. The molecule has 7 heteroatoms. The molecule has 2 N–H and O–H groups in total. The van der Waals surface area contributed by atoms with E-state index in [1.54, 1.807) is 7.11 Å². The summed E-state index contributed by atoms with van der Waals surface area (Å²) in [6.07, 6.45) is 1.15. The molecule has 1 amide bonds. The molecule has 0 fully saturated rings. The van der Waals surface area contributed by atoms with Crippen LogP contribution in [0.25, 0.3) is 0 Å². The minimum atomic E-state index is -0.155. The van der Waals surface area contributed by atoms with Crippen molar-refractivity contribution in [1.29, 1.82) is 0 Å². The van der Waals surface area contributed by atoms with Crippen molar-refractivity contribution in [1.82, 2.24) is 14.8 Å². The van der Waals surface area contributed by atoms with E-state index in [1.165, 1.54) is 5.56 Å². The molecule has 0 unspecified atom stereocenters. The highest BCUT2D eigenvalue weighted by molar-refractivity contribution is 5.90. The maximum atomic E-state index is 12.4. The first-order valence-corrected chi connectivity index (χ1v) is 9.33. The third-order valence-electron chi connectivity index (χ3n) is 4.84. The zero-order valence-corrected chi connectivity index (χ0v) is 15.9. The molecule has 0 saturated heterocycles. The number of carbonyl (C=O) groups is 1. The van der Waals surface area contributed by atoms with Crippen LogP contribution in [-0.4, -0.2) is 33.8 Å². The molecule has 7 nitrogen and oxygen atoms in total. The molecule has 4 rings (SSSR count). The van der Waals surface area contributed by atoms with Gasteiger partial charge in [0.15, 0.2) is 0 Å². The van der Waals surface area contributed by atoms with E-state index in [0.29, 0.717) is 11.9 Å². The van der Waals surface area contributed by atoms with Crippen LogP contribution in [0.4, 0.5) is 11.9 Å². The van der Waals surface area contributed by atoms with Crippen molar-refractivity contribution in [3.63, 3.8) is 0 Å². The van der Waals surface area contributed by atoms with Gasteiger partial charge >= 0.3 is 0 Å². The predicted molar refractivity (Wildman–Crippen MR) is 108 cm³/mol. The van der Waals surface area contributed by atoms with Crippen LogP contribution in [0.15, 0.2) is 54.6 Å². The van der Waals surface area contributed by atoms with Crippen molar-refractivity contribution >= 4 is 17.8 Å². The molecule has 0 radical (unpaired) electrons. The fraction of sp³-hybridized carbons (Fsp3) is 0.286. The van der Waals surface area contributed by atoms with Gasteiger partial charge in [0.2, 0.25) is 11.9 Å². The Morgan fingerprint density at radius 1 is 1.21 bits per heavy atom. The van der Waals surface area contributed by atoms with Crippen LogP contribution >= 0.6 is 0 Å². The average molecular weight is 377 g/mol. The smallest absolute Gasteiger partial charge is 0.250 e. The van der Waals surface area contributed by atoms with Gasteiger partial charge in [0, 0.05) is 6.04 Å². The van der Waals surface area contributed by atoms with E-state index in [9.17, 15) is 4.79 Å². The van der Waals surface area contributed by atoms with Crippen LogP contribution in [0, 0.1) is 0 Å². The molecule has 1 aliphatic rings. The van der Waals surface area contributed by atoms with Crippen molar-refractivity contribution in [3.8, 4) is 5.75 Å². The minimum Gasteiger partial charge on any atom is -0.497 e. The van der Waals surface area contributed by atoms with Gasteiger partial charge in [0.05, 0.1) is 19.6 Å². The predicted octanol–water partition coefficient (Wildman–Crippen LogP) is 3.26. The Kier molecular flexibility index (Phi) is 4.97. The standard InChI is InChI=1S/C21H23N5O2/c1-14-12-18(16-6-4-3-5-7-16)26-21(22-14)24-20(25-26)23-19(27)13-15-8-10-17(28-2)11-9-15/h3-11,14,18H,12-13H2,1-2H3,(H2,22,23,24,25,27)/t14-,18-/m0/s1. The van der Waals surface area contributed by atoms with Gasteiger partial charge < -0.3 is 10.1 Å². The number of hydrogen-bond donors (Lipinski definition) is 2. The van der Waals surface area contributed by atoms with Crippen molar-refractivity contribution in [3.05, 3.63) is 65.7 Å². The second kappa shape index (κ2) is 7.72. The first kappa shape index (κ1) is 18.0. The summed E-state index contributed by atoms with van der Waals surface area (Å²) in [5.74, 6) is 1.60. The van der Waals surface area contributed by atoms with Crippen molar-refractivity contribution in [2.75, 3.05) is 17.7 Å². The second-order valence-corrected chi connectivity index (χ2v) is 6.98. The Morgan fingerprint density at radius 2 is 1.96 bits per heavy atom. The second-order valence-electron chi connectivity index (χ2n) is 6.98. The molecule has 2 heterocycles. The van der Waals surface area contributed by atoms with Crippen LogP contribution in [0.5, 0.6) is 5.75 Å². The lowest BCUT2D eigenvalue weighted by atomic mass is 9.99. The number of ether oxygens (including phenoxy) is 1. The molecule has 3 aromatic rings. The Labute approximate surface area is 163 Å². The van der Waals surface area contributed by atoms with Gasteiger partial charge in [-0.1, -0.05) is 42.5 Å². The first-order chi connectivity index (χ1) is 13.6. The first-order valence-electron chi connectivity index (χ1n) is 9.33. The van der Waals surface area contributed by atoms with Crippen LogP contribution in [0.1, 0.15) is 30.5 Å². The van der Waals surface area contributed by atoms with Gasteiger partial charge in [-0.25, -0.2) is 4.68 Å². The van der Waals surface area contributed by atoms with E-state index in [-0.39, 0.29) is 24.4 Å². The molecule has 1 aliphatic heterocycles. The topological polar surface area (TPSA) is 81.1 Å². The van der Waals surface area contributed by atoms with E-state index in [1.807, 2.05) is 47.1 Å². The third kappa shape index (κ3) is 3.83. The number of anilines is 2. The molecule has 0 spiro atoms. The maximum absolute atomic E-state index is 12.4. The largest absolute Gasteiger partial charge is 0.497 e. The lowest BCUT2D eigenvalue weighted by Gasteiger charge is -2.29. The molecule has 1 aromatic heterocycles. The number of fused-ring (bicyclic) bond motifs is 1. The van der Waals surface area contributed by atoms with Gasteiger partial charge in [-0.2, -0.15) is 4.98 Å². The number of nitrogens with zero attached hydrogens (tertiary/aromatic N) is 3. The zero-order valence-electron chi connectivity index (χ0n) is 15.9. The zero-order chi connectivity index (χ0) is 19.5. The summed E-state index contributed by atoms with van der Waals surface area (Å²) in [6, 6.07) is 18.0. The Balaban J connectivity index is 1.50. The third-order valence-corrected chi connectivity index (χ3v) is 4.84. The highest BCUT2D eigenvalue weighted by atomic mass is 16.5. The number of aromatic nitrogens is 3. The Morgan fingerprint density at radius 3 is 2.68 bits per heavy atom. The highest BCUT2D eigenvalue weighted by Gasteiger charge is 2.28. The number of amides is 1. The number of nitrogens with one attached hydrogen (secondary N) is 2. The van der Waals surface area contributed by atoms with E-state index in [0.717, 1.165) is 17.7 Å². The summed E-state index contributed by atoms with van der Waals surface area (Å²) in [7, 11) is 1.62. The Hall–Kier alpha value is -3.35. The molecule has 2 atom stereocenters. The molecule has 0 aliphatic carbocycles. The van der Waals surface area contributed by atoms with Gasteiger partial charge in [-0.3, -0.25) is 10.1 Å². The summed E-state index contributed by atoms with van der Waals surface area (Å²) in [5.41, 5.74) is 2.08. The number of benzene rings is 2. The quantitative estimate of drug-likeness (QED) is 0.713. The van der Waals surface area contributed by atoms with Crippen molar-refractivity contribution in [2.24, 2.45) is 0 Å². The fourth-order valence-electron chi connectivity index (χ4n) is 3.46. The Bertz CT molecular complexity index is 953. The summed E-state index contributed by atoms with van der Waals surface area (Å²) in [6.45, 7) is 2.12. The number of hydrogen-bond acceptors (Lipinski definition) is 5. The van der Waals surface area contributed by atoms with Crippen LogP contribution in [-0.2, 0) is 11.2 Å². The van der Waals surface area contributed by atoms with Gasteiger partial charge in [-0.15, -0.1) is 5.10 Å². The number of methoxy groups -OCH3 is 1. The summed E-state index contributed by atoms with van der Waals surface area (Å²) in [5, 5.41) is 10.7. The minimum absolute atomic E-state index is 0.0900. The van der Waals surface area contributed by atoms with Crippen LogP contribution in [0.2, 0.25) is 0 Å². The normalized spacial score (nSPS) is 18.1. The maximum Gasteiger partial charge on any atom is 0.250 e. The fourth-order valence-corrected chi connectivity index (χ4v) is 3.46. The average Bonchev–Trinajstić information content (AvgIpc) is 3.10. The molecule has 28 heavy (non-hydrogen) atoms. The van der Waals surface area contributed by atoms with E-state index >= 15 is 0 Å². The molecular formula is C21H23N5O2. The molecule has 0 bridgehead atoms. The van der Waals surface area contributed by atoms with E-state index < -0.39 is 0 Å². The van der Waals surface area contributed by atoms with Crippen LogP contribution in [0.3, 0.4) is 0 Å². The molecule has 2 aromatic carbocycles. The summed E-state index contributed by atoms with van der Waals surface area (Å²) in [4.78, 5) is 16.9. The molecule has 0 saturated carbocycles. The van der Waals surface area contributed by atoms with Crippen molar-refractivity contribution in [2.45, 2.75) is 31.8 Å². The van der Waals surface area contributed by atoms with Crippen molar-refractivity contribution < 1.29 is 9.53 Å². The van der Waals surface area contributed by atoms with Gasteiger partial charge in [-0.05, 0) is 36.6 Å². The van der Waals surface area contributed by atoms with E-state index in [4.69, 9.17) is 4.74 Å². The SMILES string of the molecule is COc1ccc(CC(=O)Nc2nc3n(n2)[C@H](c2ccccc2)C[C@H](C)N3)cc1. The van der Waals surface area contributed by atoms with E-state index in [2.05, 4.69) is 39.8 Å². The van der Waals surface area contributed by atoms with Gasteiger partial charge in [0.1, 0.15) is 5.75 Å². The van der Waals surface area contributed by atoms with Gasteiger partial charge in [0.25, 0.3) is 5.95 Å². The summed E-state index contributed by atoms with van der Waals surface area (Å²) >= 11 is 0. The lowest BCUT2D eigenvalue weighted by molar-refractivity contribution is -0.115. The van der Waals surface area contributed by atoms with Crippen LogP contribution < -0.4 is 15.4 Å². The monoisotopic (exact) mass is 377 g/mol. The summed E-state index contributed by atoms with van der Waals surface area (Å²) < 4.78 is 7.00. The number of rotatable bonds is 5. The molecule has 144 valence electrons.